The topological polar surface area (TPSA) is 95.6 Å². The molecule has 7 heteroatoms. The number of nitrogens with zero attached hydrogens (tertiary/aromatic N) is 1. The average Bonchev–Trinajstić information content (AvgIpc) is 2.85. The maximum absolute atomic E-state index is 13.3. The highest BCUT2D eigenvalue weighted by Crippen LogP contribution is 2.33. The monoisotopic (exact) mass is 443 g/mol. The Bertz CT molecular complexity index is 1360. The lowest BCUT2D eigenvalue weighted by Gasteiger charge is -2.17. The fourth-order valence-corrected chi connectivity index (χ4v) is 3.83. The number of anilines is 2. The van der Waals surface area contributed by atoms with Crippen molar-refractivity contribution in [3.8, 4) is 16.9 Å². The van der Waals surface area contributed by atoms with Crippen molar-refractivity contribution in [2.24, 2.45) is 0 Å². The molecule has 0 radical (unpaired) electrons. The van der Waals surface area contributed by atoms with Gasteiger partial charge in [0.05, 0.1) is 20.3 Å². The smallest absolute Gasteiger partial charge is 0.260 e. The molecule has 1 aromatic heterocycles. The van der Waals surface area contributed by atoms with Crippen molar-refractivity contribution in [2.45, 2.75) is 6.54 Å². The summed E-state index contributed by atoms with van der Waals surface area (Å²) in [6.07, 6.45) is 0. The fraction of sp³-hybridized carbons (Fsp3) is 0.154. The second-order valence-electron chi connectivity index (χ2n) is 7.52. The van der Waals surface area contributed by atoms with Crippen molar-refractivity contribution in [3.63, 3.8) is 0 Å². The molecule has 0 atom stereocenters. The molecule has 7 nitrogen and oxygen atoms in total. The highest BCUT2D eigenvalue weighted by atomic mass is 16.5. The molecule has 1 amide bonds. The van der Waals surface area contributed by atoms with Gasteiger partial charge in [-0.25, -0.2) is 0 Å². The molecule has 3 aromatic carbocycles. The van der Waals surface area contributed by atoms with Gasteiger partial charge < -0.3 is 20.5 Å². The van der Waals surface area contributed by atoms with Crippen LogP contribution in [-0.4, -0.2) is 31.3 Å². The van der Waals surface area contributed by atoms with E-state index in [-0.39, 0.29) is 11.5 Å². The van der Waals surface area contributed by atoms with Crippen molar-refractivity contribution in [3.05, 3.63) is 88.7 Å². The molecule has 0 aliphatic rings. The number of pyridine rings is 1. The van der Waals surface area contributed by atoms with Gasteiger partial charge in [-0.3, -0.25) is 14.2 Å². The SMILES string of the molecule is COCCn1c(N)c(-c2ccccc2)c2ccc(NC(=O)c3cccc(OC)c3)cc2c1=O. The van der Waals surface area contributed by atoms with Gasteiger partial charge in [-0.05, 0) is 41.3 Å². The van der Waals surface area contributed by atoms with Crippen molar-refractivity contribution >= 4 is 28.2 Å². The molecule has 33 heavy (non-hydrogen) atoms. The summed E-state index contributed by atoms with van der Waals surface area (Å²) in [5.41, 5.74) is 8.87. The summed E-state index contributed by atoms with van der Waals surface area (Å²) in [5.74, 6) is 0.667. The summed E-state index contributed by atoms with van der Waals surface area (Å²) >= 11 is 0. The molecule has 168 valence electrons. The molecular formula is C26H25N3O4. The number of hydrogen-bond acceptors (Lipinski definition) is 5. The summed E-state index contributed by atoms with van der Waals surface area (Å²) in [4.78, 5) is 26.1. The molecule has 0 saturated carbocycles. The maximum atomic E-state index is 13.3. The molecular weight excluding hydrogens is 418 g/mol. The second-order valence-corrected chi connectivity index (χ2v) is 7.52. The average molecular weight is 444 g/mol. The van der Waals surface area contributed by atoms with E-state index >= 15 is 0 Å². The van der Waals surface area contributed by atoms with Gasteiger partial charge in [-0.1, -0.05) is 42.5 Å². The third kappa shape index (κ3) is 4.44. The van der Waals surface area contributed by atoms with Crippen LogP contribution in [0.3, 0.4) is 0 Å². The molecule has 0 aliphatic carbocycles. The first-order chi connectivity index (χ1) is 16.0. The number of aromatic nitrogens is 1. The Morgan fingerprint density at radius 1 is 0.970 bits per heavy atom. The molecule has 4 aromatic rings. The van der Waals surface area contributed by atoms with E-state index in [2.05, 4.69) is 5.32 Å². The highest BCUT2D eigenvalue weighted by molar-refractivity contribution is 6.07. The predicted molar refractivity (Wildman–Crippen MR) is 131 cm³/mol. The maximum Gasteiger partial charge on any atom is 0.260 e. The number of nitrogens with one attached hydrogen (secondary N) is 1. The van der Waals surface area contributed by atoms with Crippen molar-refractivity contribution < 1.29 is 14.3 Å². The number of fused-ring (bicyclic) bond motifs is 1. The first kappa shape index (κ1) is 22.1. The Balaban J connectivity index is 1.82. The number of carbonyl (C=O) groups excluding carboxylic acids is 1. The highest BCUT2D eigenvalue weighted by Gasteiger charge is 2.17. The third-order valence-corrected chi connectivity index (χ3v) is 5.48. The fourth-order valence-electron chi connectivity index (χ4n) is 3.83. The van der Waals surface area contributed by atoms with Crippen LogP contribution in [-0.2, 0) is 11.3 Å². The Kier molecular flexibility index (Phi) is 6.42. The van der Waals surface area contributed by atoms with Crippen LogP contribution in [0, 0.1) is 0 Å². The Morgan fingerprint density at radius 2 is 1.76 bits per heavy atom. The minimum atomic E-state index is -0.299. The summed E-state index contributed by atoms with van der Waals surface area (Å²) in [6, 6.07) is 21.8. The van der Waals surface area contributed by atoms with Gasteiger partial charge in [0.2, 0.25) is 0 Å². The van der Waals surface area contributed by atoms with E-state index in [1.165, 1.54) is 4.57 Å². The minimum absolute atomic E-state index is 0.239. The van der Waals surface area contributed by atoms with Crippen LogP contribution in [0.4, 0.5) is 11.5 Å². The first-order valence-electron chi connectivity index (χ1n) is 10.5. The number of amides is 1. The number of hydrogen-bond donors (Lipinski definition) is 2. The van der Waals surface area contributed by atoms with Gasteiger partial charge >= 0.3 is 0 Å². The van der Waals surface area contributed by atoms with Gasteiger partial charge in [0.25, 0.3) is 11.5 Å². The van der Waals surface area contributed by atoms with Gasteiger partial charge in [0.15, 0.2) is 0 Å². The van der Waals surface area contributed by atoms with Gasteiger partial charge in [-0.15, -0.1) is 0 Å². The second kappa shape index (κ2) is 9.58. The van der Waals surface area contributed by atoms with E-state index in [4.69, 9.17) is 15.2 Å². The molecule has 4 rings (SSSR count). The van der Waals surface area contributed by atoms with Crippen LogP contribution >= 0.6 is 0 Å². The van der Waals surface area contributed by atoms with Crippen LogP contribution in [0.1, 0.15) is 10.4 Å². The van der Waals surface area contributed by atoms with Crippen LogP contribution in [0.2, 0.25) is 0 Å². The Morgan fingerprint density at radius 3 is 2.48 bits per heavy atom. The first-order valence-corrected chi connectivity index (χ1v) is 10.5. The van der Waals surface area contributed by atoms with Crippen LogP contribution in [0.5, 0.6) is 5.75 Å². The summed E-state index contributed by atoms with van der Waals surface area (Å²) in [7, 11) is 3.12. The number of nitrogen functional groups attached to an aromatic ring is 1. The molecule has 0 bridgehead atoms. The minimum Gasteiger partial charge on any atom is -0.497 e. The van der Waals surface area contributed by atoms with Gasteiger partial charge in [-0.2, -0.15) is 0 Å². The number of rotatable bonds is 7. The van der Waals surface area contributed by atoms with Crippen LogP contribution < -0.4 is 21.3 Å². The van der Waals surface area contributed by atoms with Crippen molar-refractivity contribution in [2.75, 3.05) is 31.9 Å². The molecule has 0 spiro atoms. The number of methoxy groups -OCH3 is 2. The van der Waals surface area contributed by atoms with E-state index in [1.54, 1.807) is 50.6 Å². The lowest BCUT2D eigenvalue weighted by atomic mass is 9.98. The van der Waals surface area contributed by atoms with Crippen LogP contribution in [0.15, 0.2) is 77.6 Å². The van der Waals surface area contributed by atoms with E-state index in [0.29, 0.717) is 41.4 Å². The number of ether oxygens (including phenoxy) is 2. The van der Waals surface area contributed by atoms with Gasteiger partial charge in [0.1, 0.15) is 11.6 Å². The summed E-state index contributed by atoms with van der Waals surface area (Å²) in [5, 5.41) is 4.05. The molecule has 1 heterocycles. The summed E-state index contributed by atoms with van der Waals surface area (Å²) < 4.78 is 11.9. The molecule has 3 N–H and O–H groups in total. The van der Waals surface area contributed by atoms with Crippen molar-refractivity contribution in [1.29, 1.82) is 0 Å². The van der Waals surface area contributed by atoms with Gasteiger partial charge in [0, 0.05) is 29.3 Å². The quantitative estimate of drug-likeness (QED) is 0.447. The number of nitrogens with two attached hydrogens (primary N) is 1. The largest absolute Gasteiger partial charge is 0.497 e. The predicted octanol–water partition coefficient (Wildman–Crippen LogP) is 4.16. The van der Waals surface area contributed by atoms with E-state index in [0.717, 1.165) is 16.5 Å². The number of carbonyl (C=O) groups is 1. The van der Waals surface area contributed by atoms with E-state index in [1.807, 2.05) is 36.4 Å². The zero-order valence-corrected chi connectivity index (χ0v) is 18.5. The summed E-state index contributed by atoms with van der Waals surface area (Å²) in [6.45, 7) is 0.660. The lowest BCUT2D eigenvalue weighted by molar-refractivity contribution is 0.102. The Hall–Kier alpha value is -4.10. The normalized spacial score (nSPS) is 10.8. The molecule has 0 unspecified atom stereocenters. The molecule has 0 saturated heterocycles. The van der Waals surface area contributed by atoms with E-state index < -0.39 is 0 Å². The zero-order valence-electron chi connectivity index (χ0n) is 18.5. The van der Waals surface area contributed by atoms with Crippen molar-refractivity contribution in [1.82, 2.24) is 4.57 Å². The standard InChI is InChI=1S/C26H25N3O4/c1-32-14-13-29-24(27)23(17-7-4-3-5-8-17)21-12-11-19(16-22(21)26(29)31)28-25(30)18-9-6-10-20(15-18)33-2/h3-12,15-16H,13-14,27H2,1-2H3,(H,28,30). The Labute approximate surface area is 191 Å². The number of benzene rings is 3. The van der Waals surface area contributed by atoms with Crippen LogP contribution in [0.25, 0.3) is 21.9 Å². The van der Waals surface area contributed by atoms with E-state index in [9.17, 15) is 9.59 Å². The molecule has 0 aliphatic heterocycles. The lowest BCUT2D eigenvalue weighted by Crippen LogP contribution is -2.26. The zero-order chi connectivity index (χ0) is 23.4. The molecule has 0 fully saturated rings. The third-order valence-electron chi connectivity index (χ3n) is 5.48.